The van der Waals surface area contributed by atoms with Gasteiger partial charge in [0.05, 0.1) is 5.69 Å². The second-order valence-corrected chi connectivity index (χ2v) is 8.33. The largest absolute Gasteiger partial charge is 0.308 e. The van der Waals surface area contributed by atoms with Crippen molar-refractivity contribution in [1.29, 1.82) is 0 Å². The number of anilines is 1. The number of benzene rings is 2. The quantitative estimate of drug-likeness (QED) is 0.749. The minimum Gasteiger partial charge on any atom is -0.308 e. The number of para-hydroxylation sites is 1. The van der Waals surface area contributed by atoms with E-state index in [9.17, 15) is 8.42 Å². The molecule has 0 amide bonds. The molecule has 0 fully saturated rings. The van der Waals surface area contributed by atoms with Gasteiger partial charge in [0.25, 0.3) is 10.0 Å². The van der Waals surface area contributed by atoms with Crippen molar-refractivity contribution in [2.75, 3.05) is 31.5 Å². The Bertz CT molecular complexity index is 761. The zero-order valence-corrected chi connectivity index (χ0v) is 15.9. The minimum absolute atomic E-state index is 0.283. The van der Waals surface area contributed by atoms with Gasteiger partial charge in [0.15, 0.2) is 0 Å². The Morgan fingerprint density at radius 3 is 2.22 bits per heavy atom. The summed E-state index contributed by atoms with van der Waals surface area (Å²) < 4.78 is 28.4. The molecule has 0 bridgehead atoms. The molecule has 0 spiro atoms. The summed E-state index contributed by atoms with van der Waals surface area (Å²) in [5.74, 6) is 0. The first-order chi connectivity index (χ1) is 10.8. The molecular formula is C17H21BrN2O2S. The van der Waals surface area contributed by atoms with Crippen molar-refractivity contribution in [1.82, 2.24) is 4.90 Å². The lowest BCUT2D eigenvalue weighted by Gasteiger charge is -2.26. The molecule has 0 aliphatic heterocycles. The summed E-state index contributed by atoms with van der Waals surface area (Å²) in [4.78, 5) is 2.25. The maximum absolute atomic E-state index is 13.2. The third-order valence-corrected chi connectivity index (χ3v) is 6.25. The number of aryl methyl sites for hydroxylation is 1. The Balaban J connectivity index is 2.48. The first-order valence-corrected chi connectivity index (χ1v) is 9.54. The number of hydrogen-bond donors (Lipinski definition) is 0. The van der Waals surface area contributed by atoms with Gasteiger partial charge < -0.3 is 4.90 Å². The summed E-state index contributed by atoms with van der Waals surface area (Å²) >= 11 is 3.39. The average molecular weight is 397 g/mol. The van der Waals surface area contributed by atoms with E-state index in [-0.39, 0.29) is 4.90 Å². The van der Waals surface area contributed by atoms with Gasteiger partial charge in [0.2, 0.25) is 0 Å². The summed E-state index contributed by atoms with van der Waals surface area (Å²) in [6, 6.07) is 14.5. The van der Waals surface area contributed by atoms with Crippen molar-refractivity contribution in [3.63, 3.8) is 0 Å². The van der Waals surface area contributed by atoms with Gasteiger partial charge in [-0.15, -0.1) is 0 Å². The standard InChI is InChI=1S/C17H21BrN2O2S/c1-14-9-10-17(16(18)13-14)23(21,22)20(12-11-19(2)3)15-7-5-4-6-8-15/h4-10,13H,11-12H2,1-3H3. The van der Waals surface area contributed by atoms with Gasteiger partial charge in [-0.1, -0.05) is 24.3 Å². The molecule has 0 aliphatic carbocycles. The van der Waals surface area contributed by atoms with Crippen LogP contribution < -0.4 is 4.31 Å². The zero-order chi connectivity index (χ0) is 17.0. The highest BCUT2D eigenvalue weighted by Crippen LogP contribution is 2.29. The van der Waals surface area contributed by atoms with Gasteiger partial charge in [-0.3, -0.25) is 4.31 Å². The van der Waals surface area contributed by atoms with Crippen LogP contribution in [0.5, 0.6) is 0 Å². The molecule has 0 radical (unpaired) electrons. The summed E-state index contributed by atoms with van der Waals surface area (Å²) in [6.45, 7) is 2.96. The molecule has 23 heavy (non-hydrogen) atoms. The van der Waals surface area contributed by atoms with Crippen molar-refractivity contribution >= 4 is 31.6 Å². The minimum atomic E-state index is -3.64. The Morgan fingerprint density at radius 1 is 1.00 bits per heavy atom. The molecule has 0 N–H and O–H groups in total. The van der Waals surface area contributed by atoms with E-state index in [1.807, 2.05) is 68.4 Å². The lowest BCUT2D eigenvalue weighted by Crippen LogP contribution is -2.36. The maximum Gasteiger partial charge on any atom is 0.265 e. The fourth-order valence-electron chi connectivity index (χ4n) is 2.21. The van der Waals surface area contributed by atoms with Crippen molar-refractivity contribution in [3.8, 4) is 0 Å². The number of sulfonamides is 1. The van der Waals surface area contributed by atoms with Gasteiger partial charge in [0.1, 0.15) is 4.90 Å². The van der Waals surface area contributed by atoms with E-state index in [0.29, 0.717) is 23.2 Å². The molecule has 2 aromatic carbocycles. The molecule has 2 rings (SSSR count). The SMILES string of the molecule is Cc1ccc(S(=O)(=O)N(CCN(C)C)c2ccccc2)c(Br)c1. The second kappa shape index (κ2) is 7.47. The number of halogens is 1. The Morgan fingerprint density at radius 2 is 1.65 bits per heavy atom. The average Bonchev–Trinajstić information content (AvgIpc) is 2.47. The van der Waals surface area contributed by atoms with Crippen LogP contribution >= 0.6 is 15.9 Å². The summed E-state index contributed by atoms with van der Waals surface area (Å²) in [7, 11) is 0.219. The molecule has 4 nitrogen and oxygen atoms in total. The lowest BCUT2D eigenvalue weighted by molar-refractivity contribution is 0.419. The number of hydrogen-bond acceptors (Lipinski definition) is 3. The van der Waals surface area contributed by atoms with E-state index in [0.717, 1.165) is 5.56 Å². The zero-order valence-electron chi connectivity index (χ0n) is 13.5. The first kappa shape index (κ1) is 18.0. The van der Waals surface area contributed by atoms with Gasteiger partial charge in [-0.05, 0) is 66.8 Å². The monoisotopic (exact) mass is 396 g/mol. The van der Waals surface area contributed by atoms with Crippen LogP contribution in [-0.2, 0) is 10.0 Å². The van der Waals surface area contributed by atoms with Crippen LogP contribution in [0.25, 0.3) is 0 Å². The van der Waals surface area contributed by atoms with Crippen molar-refractivity contribution in [3.05, 3.63) is 58.6 Å². The van der Waals surface area contributed by atoms with Crippen LogP contribution in [0.3, 0.4) is 0 Å². The van der Waals surface area contributed by atoms with E-state index in [4.69, 9.17) is 0 Å². The van der Waals surface area contributed by atoms with E-state index in [1.54, 1.807) is 6.07 Å². The maximum atomic E-state index is 13.2. The first-order valence-electron chi connectivity index (χ1n) is 7.31. The topological polar surface area (TPSA) is 40.6 Å². The van der Waals surface area contributed by atoms with Gasteiger partial charge >= 0.3 is 0 Å². The van der Waals surface area contributed by atoms with Crippen LogP contribution in [0, 0.1) is 6.92 Å². The van der Waals surface area contributed by atoms with Crippen molar-refractivity contribution < 1.29 is 8.42 Å². The fourth-order valence-corrected chi connectivity index (χ4v) is 4.82. The molecule has 0 unspecified atom stereocenters. The highest BCUT2D eigenvalue weighted by atomic mass is 79.9. The summed E-state index contributed by atoms with van der Waals surface area (Å²) in [5, 5.41) is 0. The van der Waals surface area contributed by atoms with Crippen LogP contribution in [0.2, 0.25) is 0 Å². The van der Waals surface area contributed by atoms with Crippen molar-refractivity contribution in [2.24, 2.45) is 0 Å². The Kier molecular flexibility index (Phi) is 5.84. The number of nitrogens with zero attached hydrogens (tertiary/aromatic N) is 2. The third kappa shape index (κ3) is 4.34. The van der Waals surface area contributed by atoms with E-state index in [2.05, 4.69) is 15.9 Å². The molecule has 0 aliphatic rings. The second-order valence-electron chi connectivity index (χ2n) is 5.65. The van der Waals surface area contributed by atoms with E-state index < -0.39 is 10.0 Å². The fraction of sp³-hybridized carbons (Fsp3) is 0.294. The molecule has 0 saturated heterocycles. The lowest BCUT2D eigenvalue weighted by atomic mass is 10.2. The van der Waals surface area contributed by atoms with Gasteiger partial charge in [0, 0.05) is 17.6 Å². The highest BCUT2D eigenvalue weighted by molar-refractivity contribution is 9.10. The smallest absolute Gasteiger partial charge is 0.265 e. The van der Waals surface area contributed by atoms with Crippen molar-refractivity contribution in [2.45, 2.75) is 11.8 Å². The molecule has 0 saturated carbocycles. The van der Waals surface area contributed by atoms with Gasteiger partial charge in [-0.2, -0.15) is 0 Å². The predicted molar refractivity (Wildman–Crippen MR) is 98.4 cm³/mol. The van der Waals surface area contributed by atoms with Crippen LogP contribution in [0.1, 0.15) is 5.56 Å². The Labute approximate surface area is 146 Å². The summed E-state index contributed by atoms with van der Waals surface area (Å²) in [5.41, 5.74) is 1.68. The molecule has 0 heterocycles. The van der Waals surface area contributed by atoms with Crippen LogP contribution in [0.15, 0.2) is 57.9 Å². The predicted octanol–water partition coefficient (Wildman–Crippen LogP) is 3.51. The normalized spacial score (nSPS) is 11.7. The molecule has 0 aromatic heterocycles. The third-order valence-electron chi connectivity index (χ3n) is 3.45. The van der Waals surface area contributed by atoms with Crippen LogP contribution in [0.4, 0.5) is 5.69 Å². The van der Waals surface area contributed by atoms with Gasteiger partial charge in [-0.25, -0.2) is 8.42 Å². The number of likely N-dealkylation sites (N-methyl/N-ethyl adjacent to an activating group) is 1. The number of rotatable bonds is 6. The van der Waals surface area contributed by atoms with E-state index >= 15 is 0 Å². The van der Waals surface area contributed by atoms with E-state index in [1.165, 1.54) is 4.31 Å². The highest BCUT2D eigenvalue weighted by Gasteiger charge is 2.26. The van der Waals surface area contributed by atoms with Crippen LogP contribution in [-0.4, -0.2) is 40.5 Å². The molecule has 124 valence electrons. The summed E-state index contributed by atoms with van der Waals surface area (Å²) in [6.07, 6.45) is 0. The Hall–Kier alpha value is -1.37. The molecule has 2 aromatic rings. The molecule has 6 heteroatoms. The molecule has 0 atom stereocenters. The molecular weight excluding hydrogens is 376 g/mol.